The lowest BCUT2D eigenvalue weighted by atomic mass is 9.53. The number of carbonyl (C=O) groups is 2. The zero-order valence-corrected chi connectivity index (χ0v) is 30.9. The van der Waals surface area contributed by atoms with Crippen LogP contribution < -0.4 is 31.1 Å². The van der Waals surface area contributed by atoms with Crippen molar-refractivity contribution in [3.8, 4) is 11.6 Å². The smallest absolute Gasteiger partial charge is 0.317 e. The molecule has 4 aliphatic carbocycles. The van der Waals surface area contributed by atoms with Crippen molar-refractivity contribution in [1.82, 2.24) is 34.6 Å². The second-order valence-corrected chi connectivity index (χ2v) is 15.7. The molecule has 278 valence electrons. The summed E-state index contributed by atoms with van der Waals surface area (Å²) in [5.41, 5.74) is 2.60. The molecule has 14 heteroatoms. The predicted molar refractivity (Wildman–Crippen MR) is 204 cm³/mol. The number of urea groups is 1. The molecular weight excluding hydrogens is 672 g/mol. The first-order chi connectivity index (χ1) is 25.5. The molecule has 1 aromatic carbocycles. The molecule has 4 heterocycles. The summed E-state index contributed by atoms with van der Waals surface area (Å²) in [5, 5.41) is 10.4. The molecule has 5 aliphatic rings. The van der Waals surface area contributed by atoms with Crippen LogP contribution in [0.2, 0.25) is 0 Å². The van der Waals surface area contributed by atoms with Crippen LogP contribution >= 0.6 is 0 Å². The zero-order valence-electron chi connectivity index (χ0n) is 30.9. The number of hydrogen-bond acceptors (Lipinski definition) is 10. The quantitative estimate of drug-likeness (QED) is 0.225. The number of amides is 3. The number of benzene rings is 1. The molecule has 53 heavy (non-hydrogen) atoms. The van der Waals surface area contributed by atoms with Crippen LogP contribution in [0.25, 0.3) is 16.7 Å². The lowest BCUT2D eigenvalue weighted by Crippen LogP contribution is -2.63. The first-order valence-electron chi connectivity index (χ1n) is 18.6. The largest absolute Gasteiger partial charge is 0.479 e. The number of rotatable bonds is 9. The minimum atomic E-state index is -0.259. The van der Waals surface area contributed by atoms with Crippen molar-refractivity contribution in [1.29, 1.82) is 0 Å². The summed E-state index contributed by atoms with van der Waals surface area (Å²) in [6.07, 6.45) is 9.17. The topological polar surface area (TPSA) is 150 Å². The number of aromatic nitrogens is 4. The third kappa shape index (κ3) is 7.11. The molecule has 0 atom stereocenters. The van der Waals surface area contributed by atoms with Gasteiger partial charge in [0.25, 0.3) is 5.56 Å². The summed E-state index contributed by atoms with van der Waals surface area (Å²) in [6, 6.07) is 12.5. The number of pyridine rings is 2. The molecule has 14 nitrogen and oxygen atoms in total. The maximum Gasteiger partial charge on any atom is 0.317 e. The van der Waals surface area contributed by atoms with Gasteiger partial charge >= 0.3 is 6.03 Å². The SMILES string of the molecule is COc1nc(N2CCN(C(=O)NC34CC5CC(CC(C5)C3)C4)CC2)ccc1Nc1ncc2c(C)cc(=O)n(-c3cccc(NC(=O)CN(C)C)c3)c2n1. The van der Waals surface area contributed by atoms with Gasteiger partial charge in [-0.05, 0) is 113 Å². The van der Waals surface area contributed by atoms with E-state index in [1.165, 1.54) is 23.8 Å². The number of methoxy groups -OCH3 is 1. The molecule has 4 saturated carbocycles. The van der Waals surface area contributed by atoms with Crippen LogP contribution in [0, 0.1) is 24.7 Å². The number of likely N-dealkylation sites (N-methyl/N-ethyl adjacent to an activating group) is 1. The van der Waals surface area contributed by atoms with Crippen molar-refractivity contribution in [2.24, 2.45) is 17.8 Å². The molecule has 0 radical (unpaired) electrons. The number of aryl methyl sites for hydroxylation is 1. The first-order valence-corrected chi connectivity index (χ1v) is 18.6. The predicted octanol–water partition coefficient (Wildman–Crippen LogP) is 4.54. The molecule has 3 amide bonds. The summed E-state index contributed by atoms with van der Waals surface area (Å²) in [6.45, 7) is 4.67. The van der Waals surface area contributed by atoms with Gasteiger partial charge < -0.3 is 35.4 Å². The molecule has 5 fully saturated rings. The van der Waals surface area contributed by atoms with E-state index in [9.17, 15) is 14.4 Å². The van der Waals surface area contributed by atoms with E-state index in [2.05, 4.69) is 25.8 Å². The fraction of sp³-hybridized carbons (Fsp3) is 0.487. The molecule has 3 N–H and O–H groups in total. The van der Waals surface area contributed by atoms with Gasteiger partial charge in [-0.1, -0.05) is 6.07 Å². The normalized spacial score (nSPS) is 23.4. The monoisotopic (exact) mass is 720 g/mol. The maximum absolute atomic E-state index is 13.5. The number of hydrogen-bond donors (Lipinski definition) is 3. The highest BCUT2D eigenvalue weighted by atomic mass is 16.5. The standard InChI is InChI=1S/C39H48N10O4/c1-24-14-34(51)49(29-7-5-6-28(18-29)41-33(50)23-46(2)3)35-30(24)22-40-37(44-35)42-31-8-9-32(43-36(31)53-4)47-10-12-48(13-11-47)38(52)45-39-19-25-15-26(20-39)17-27(16-25)21-39/h5-9,14,18,22,25-27H,10-13,15-17,19-21,23H2,1-4H3,(H,41,50)(H,45,52)(H,40,42,44). The Morgan fingerprint density at radius 3 is 2.36 bits per heavy atom. The Kier molecular flexibility index (Phi) is 9.17. The van der Waals surface area contributed by atoms with Crippen LogP contribution in [0.5, 0.6) is 5.88 Å². The number of nitrogens with zero attached hydrogens (tertiary/aromatic N) is 7. The minimum Gasteiger partial charge on any atom is -0.479 e. The van der Waals surface area contributed by atoms with Crippen molar-refractivity contribution in [2.45, 2.75) is 51.0 Å². The van der Waals surface area contributed by atoms with Crippen molar-refractivity contribution in [3.05, 3.63) is 64.6 Å². The number of nitrogens with one attached hydrogen (secondary N) is 3. The van der Waals surface area contributed by atoms with Gasteiger partial charge in [0, 0.05) is 55.1 Å². The van der Waals surface area contributed by atoms with Gasteiger partial charge in [0.15, 0.2) is 5.65 Å². The van der Waals surface area contributed by atoms with Gasteiger partial charge in [0.2, 0.25) is 17.7 Å². The Hall–Kier alpha value is -5.24. The highest BCUT2D eigenvalue weighted by Gasteiger charge is 2.52. The van der Waals surface area contributed by atoms with E-state index in [1.807, 2.05) is 38.1 Å². The van der Waals surface area contributed by atoms with Crippen LogP contribution in [-0.2, 0) is 4.79 Å². The molecule has 1 saturated heterocycles. The van der Waals surface area contributed by atoms with Crippen LogP contribution in [0.4, 0.5) is 27.9 Å². The van der Waals surface area contributed by atoms with Crippen LogP contribution in [0.15, 0.2) is 53.5 Å². The average Bonchev–Trinajstić information content (AvgIpc) is 3.11. The van der Waals surface area contributed by atoms with Crippen molar-refractivity contribution < 1.29 is 14.3 Å². The molecule has 0 unspecified atom stereocenters. The highest BCUT2D eigenvalue weighted by molar-refractivity contribution is 5.92. The zero-order chi connectivity index (χ0) is 36.9. The Balaban J connectivity index is 0.966. The fourth-order valence-corrected chi connectivity index (χ4v) is 9.46. The number of fused-ring (bicyclic) bond motifs is 1. The summed E-state index contributed by atoms with van der Waals surface area (Å²) in [7, 11) is 5.22. The van der Waals surface area contributed by atoms with E-state index in [0.29, 0.717) is 60.2 Å². The molecule has 0 spiro atoms. The van der Waals surface area contributed by atoms with E-state index in [0.717, 1.165) is 48.4 Å². The lowest BCUT2D eigenvalue weighted by Gasteiger charge is -2.57. The average molecular weight is 721 g/mol. The number of piperazine rings is 1. The number of ether oxygens (including phenoxy) is 1. The Labute approximate surface area is 308 Å². The van der Waals surface area contributed by atoms with Crippen molar-refractivity contribution in [2.75, 3.05) is 69.5 Å². The van der Waals surface area contributed by atoms with Gasteiger partial charge in [-0.3, -0.25) is 14.2 Å². The van der Waals surface area contributed by atoms with Crippen LogP contribution in [0.1, 0.15) is 44.1 Å². The van der Waals surface area contributed by atoms with E-state index in [1.54, 1.807) is 48.5 Å². The Morgan fingerprint density at radius 1 is 0.962 bits per heavy atom. The molecule has 4 aromatic rings. The third-order valence-corrected chi connectivity index (χ3v) is 11.4. The van der Waals surface area contributed by atoms with Gasteiger partial charge in [-0.2, -0.15) is 9.97 Å². The summed E-state index contributed by atoms with van der Waals surface area (Å²) in [4.78, 5) is 59.4. The lowest BCUT2D eigenvalue weighted by molar-refractivity contribution is -0.116. The summed E-state index contributed by atoms with van der Waals surface area (Å²) < 4.78 is 7.22. The third-order valence-electron chi connectivity index (χ3n) is 11.4. The molecular formula is C39H48N10O4. The van der Waals surface area contributed by atoms with Crippen LogP contribution in [0.3, 0.4) is 0 Å². The van der Waals surface area contributed by atoms with E-state index in [-0.39, 0.29) is 35.5 Å². The maximum atomic E-state index is 13.5. The van der Waals surface area contributed by atoms with Gasteiger partial charge in [0.1, 0.15) is 11.5 Å². The first kappa shape index (κ1) is 34.8. The van der Waals surface area contributed by atoms with Gasteiger partial charge in [-0.15, -0.1) is 0 Å². The minimum absolute atomic E-state index is 0.00165. The van der Waals surface area contributed by atoms with Crippen LogP contribution in [-0.4, -0.2) is 101 Å². The highest BCUT2D eigenvalue weighted by Crippen LogP contribution is 2.55. The van der Waals surface area contributed by atoms with E-state index >= 15 is 0 Å². The summed E-state index contributed by atoms with van der Waals surface area (Å²) in [5.74, 6) is 3.59. The van der Waals surface area contributed by atoms with Crippen molar-refractivity contribution in [3.63, 3.8) is 0 Å². The molecule has 9 rings (SSSR count). The Bertz CT molecular complexity index is 2070. The molecule has 1 aliphatic heterocycles. The van der Waals surface area contributed by atoms with Crippen molar-refractivity contribution >= 4 is 46.1 Å². The van der Waals surface area contributed by atoms with E-state index in [4.69, 9.17) is 14.7 Å². The molecule has 4 bridgehead atoms. The number of carbonyl (C=O) groups excluding carboxylic acids is 2. The fourth-order valence-electron chi connectivity index (χ4n) is 9.46. The van der Waals surface area contributed by atoms with Gasteiger partial charge in [0.05, 0.1) is 19.3 Å². The van der Waals surface area contributed by atoms with E-state index < -0.39 is 0 Å². The second-order valence-electron chi connectivity index (χ2n) is 15.7. The van der Waals surface area contributed by atoms with Gasteiger partial charge in [-0.25, -0.2) is 9.78 Å². The molecule has 3 aromatic heterocycles. The summed E-state index contributed by atoms with van der Waals surface area (Å²) >= 11 is 0. The Morgan fingerprint density at radius 2 is 1.68 bits per heavy atom. The number of anilines is 4. The second kappa shape index (κ2) is 14.0.